The quantitative estimate of drug-likeness (QED) is 0.220. The second-order valence-electron chi connectivity index (χ2n) is 9.41. The van der Waals surface area contributed by atoms with Crippen LogP contribution < -0.4 is 14.8 Å². The molecule has 37 heavy (non-hydrogen) atoms. The molecule has 1 N–H and O–H groups in total. The molecule has 4 rings (SSSR count). The number of aryl methyl sites for hydroxylation is 4. The molecule has 0 saturated heterocycles. The minimum absolute atomic E-state index is 0.0486. The normalized spacial score (nSPS) is 11.0. The van der Waals surface area contributed by atoms with E-state index in [0.29, 0.717) is 18.7 Å². The minimum Gasteiger partial charge on any atom is -0.497 e. The van der Waals surface area contributed by atoms with E-state index in [9.17, 15) is 4.79 Å². The van der Waals surface area contributed by atoms with Gasteiger partial charge >= 0.3 is 0 Å². The zero-order valence-corrected chi connectivity index (χ0v) is 22.1. The number of hydrogen-bond acceptors (Lipinski definition) is 4. The summed E-state index contributed by atoms with van der Waals surface area (Å²) in [5.74, 6) is 2.75. The Balaban J connectivity index is 1.23. The monoisotopic (exact) mass is 499 g/mol. The molecule has 0 fully saturated rings. The van der Waals surface area contributed by atoms with Crippen molar-refractivity contribution < 1.29 is 14.3 Å². The van der Waals surface area contributed by atoms with Crippen molar-refractivity contribution >= 4 is 16.9 Å². The fraction of sp³-hybridized carbons (Fsp3) is 0.355. The van der Waals surface area contributed by atoms with Gasteiger partial charge in [0.05, 0.1) is 24.8 Å². The molecule has 6 heteroatoms. The lowest BCUT2D eigenvalue weighted by molar-refractivity contribution is 0.0953. The Bertz CT molecular complexity index is 1310. The number of nitrogens with zero attached hydrogens (tertiary/aromatic N) is 2. The number of benzene rings is 3. The molecule has 3 aromatic carbocycles. The van der Waals surface area contributed by atoms with Crippen molar-refractivity contribution in [2.75, 3.05) is 20.3 Å². The van der Waals surface area contributed by atoms with Gasteiger partial charge in [-0.3, -0.25) is 4.79 Å². The van der Waals surface area contributed by atoms with Crippen molar-refractivity contribution in [1.29, 1.82) is 0 Å². The van der Waals surface area contributed by atoms with Crippen LogP contribution in [-0.2, 0) is 13.0 Å². The number of ether oxygens (including phenoxy) is 2. The van der Waals surface area contributed by atoms with Crippen molar-refractivity contribution in [3.05, 3.63) is 89.2 Å². The van der Waals surface area contributed by atoms with E-state index >= 15 is 0 Å². The van der Waals surface area contributed by atoms with Gasteiger partial charge in [0.2, 0.25) is 0 Å². The van der Waals surface area contributed by atoms with Crippen molar-refractivity contribution in [3.8, 4) is 11.5 Å². The Kier molecular flexibility index (Phi) is 9.19. The number of para-hydroxylation sites is 2. The number of aromatic nitrogens is 2. The van der Waals surface area contributed by atoms with Crippen molar-refractivity contribution in [1.82, 2.24) is 14.9 Å². The third-order valence-corrected chi connectivity index (χ3v) is 6.72. The molecule has 0 spiro atoms. The maximum atomic E-state index is 12.3. The predicted octanol–water partition coefficient (Wildman–Crippen LogP) is 6.27. The molecule has 0 unspecified atom stereocenters. The third kappa shape index (κ3) is 7.13. The van der Waals surface area contributed by atoms with Gasteiger partial charge < -0.3 is 19.4 Å². The van der Waals surface area contributed by atoms with Gasteiger partial charge in [0.1, 0.15) is 17.3 Å². The van der Waals surface area contributed by atoms with Crippen LogP contribution in [0.25, 0.3) is 11.0 Å². The van der Waals surface area contributed by atoms with Crippen molar-refractivity contribution in [2.45, 2.75) is 52.5 Å². The lowest BCUT2D eigenvalue weighted by atomic mass is 10.1. The average molecular weight is 500 g/mol. The number of methoxy groups -OCH3 is 1. The molecule has 0 aliphatic heterocycles. The highest BCUT2D eigenvalue weighted by Crippen LogP contribution is 2.20. The van der Waals surface area contributed by atoms with E-state index in [1.54, 1.807) is 31.4 Å². The molecule has 6 nitrogen and oxygen atoms in total. The summed E-state index contributed by atoms with van der Waals surface area (Å²) < 4.78 is 13.5. The van der Waals surface area contributed by atoms with Crippen LogP contribution in [0, 0.1) is 13.8 Å². The first-order chi connectivity index (χ1) is 18.0. The van der Waals surface area contributed by atoms with Crippen LogP contribution in [0.3, 0.4) is 0 Å². The first-order valence-corrected chi connectivity index (χ1v) is 13.1. The van der Waals surface area contributed by atoms with E-state index in [4.69, 9.17) is 14.5 Å². The highest BCUT2D eigenvalue weighted by molar-refractivity contribution is 5.94. The second-order valence-corrected chi connectivity index (χ2v) is 9.41. The highest BCUT2D eigenvalue weighted by atomic mass is 16.5. The first kappa shape index (κ1) is 26.3. The summed E-state index contributed by atoms with van der Waals surface area (Å²) in [5, 5.41) is 3.01. The third-order valence-electron chi connectivity index (χ3n) is 6.72. The van der Waals surface area contributed by atoms with Gasteiger partial charge in [-0.25, -0.2) is 4.98 Å². The number of rotatable bonds is 13. The molecule has 0 aliphatic rings. The molecule has 1 amide bonds. The molecule has 0 radical (unpaired) electrons. The SMILES string of the molecule is COc1ccc(C(=O)NCCCCCc2nc3ccccc3n2CCCOc2ccc(C)c(C)c2)cc1. The van der Waals surface area contributed by atoms with Gasteiger partial charge in [-0.05, 0) is 92.8 Å². The number of nitrogens with one attached hydrogen (secondary N) is 1. The van der Waals surface area contributed by atoms with Gasteiger partial charge in [0.25, 0.3) is 5.91 Å². The number of carbonyl (C=O) groups excluding carboxylic acids is 1. The summed E-state index contributed by atoms with van der Waals surface area (Å²) in [6.45, 7) is 6.43. The summed E-state index contributed by atoms with van der Waals surface area (Å²) >= 11 is 0. The van der Waals surface area contributed by atoms with Crippen molar-refractivity contribution in [2.24, 2.45) is 0 Å². The fourth-order valence-corrected chi connectivity index (χ4v) is 4.41. The Hall–Kier alpha value is -3.80. The molecular weight excluding hydrogens is 462 g/mol. The Labute approximate surface area is 219 Å². The summed E-state index contributed by atoms with van der Waals surface area (Å²) in [7, 11) is 1.62. The molecular formula is C31H37N3O3. The number of hydrogen-bond donors (Lipinski definition) is 1. The molecule has 1 aromatic heterocycles. The predicted molar refractivity (Wildman–Crippen MR) is 149 cm³/mol. The second kappa shape index (κ2) is 12.9. The van der Waals surface area contributed by atoms with Crippen LogP contribution in [0.1, 0.15) is 53.0 Å². The fourth-order valence-electron chi connectivity index (χ4n) is 4.41. The smallest absolute Gasteiger partial charge is 0.251 e. The number of unbranched alkanes of at least 4 members (excludes halogenated alkanes) is 2. The maximum Gasteiger partial charge on any atom is 0.251 e. The topological polar surface area (TPSA) is 65.4 Å². The largest absolute Gasteiger partial charge is 0.497 e. The summed E-state index contributed by atoms with van der Waals surface area (Å²) in [5.41, 5.74) is 5.40. The van der Waals surface area contributed by atoms with Crippen LogP contribution in [0.5, 0.6) is 11.5 Å². The summed E-state index contributed by atoms with van der Waals surface area (Å²) in [6.07, 6.45) is 4.82. The van der Waals surface area contributed by atoms with Gasteiger partial charge in [-0.2, -0.15) is 0 Å². The van der Waals surface area contributed by atoms with Crippen LogP contribution in [-0.4, -0.2) is 35.7 Å². The molecule has 0 atom stereocenters. The average Bonchev–Trinajstić information content (AvgIpc) is 3.27. The Morgan fingerprint density at radius 3 is 2.46 bits per heavy atom. The molecule has 0 aliphatic carbocycles. The molecule has 194 valence electrons. The molecule has 1 heterocycles. The van der Waals surface area contributed by atoms with E-state index in [2.05, 4.69) is 54.1 Å². The number of amides is 1. The zero-order chi connectivity index (χ0) is 26.0. The van der Waals surface area contributed by atoms with E-state index in [0.717, 1.165) is 61.5 Å². The number of carbonyl (C=O) groups is 1. The van der Waals surface area contributed by atoms with E-state index in [1.165, 1.54) is 16.6 Å². The van der Waals surface area contributed by atoms with Gasteiger partial charge in [0.15, 0.2) is 0 Å². The van der Waals surface area contributed by atoms with Gasteiger partial charge in [-0.1, -0.05) is 24.6 Å². The van der Waals surface area contributed by atoms with E-state index in [1.807, 2.05) is 12.1 Å². The first-order valence-electron chi connectivity index (χ1n) is 13.1. The van der Waals surface area contributed by atoms with E-state index in [-0.39, 0.29) is 5.91 Å². The van der Waals surface area contributed by atoms with Crippen LogP contribution in [0.2, 0.25) is 0 Å². The Morgan fingerprint density at radius 1 is 0.892 bits per heavy atom. The van der Waals surface area contributed by atoms with Gasteiger partial charge in [-0.15, -0.1) is 0 Å². The number of fused-ring (bicyclic) bond motifs is 1. The van der Waals surface area contributed by atoms with Crippen molar-refractivity contribution in [3.63, 3.8) is 0 Å². The molecule has 0 saturated carbocycles. The molecule has 0 bridgehead atoms. The Morgan fingerprint density at radius 2 is 1.68 bits per heavy atom. The highest BCUT2D eigenvalue weighted by Gasteiger charge is 2.11. The maximum absolute atomic E-state index is 12.3. The number of imidazole rings is 1. The molecule has 4 aromatic rings. The van der Waals surface area contributed by atoms with Gasteiger partial charge in [0, 0.05) is 25.1 Å². The zero-order valence-electron chi connectivity index (χ0n) is 22.1. The lowest BCUT2D eigenvalue weighted by Gasteiger charge is -2.11. The summed E-state index contributed by atoms with van der Waals surface area (Å²) in [6, 6.07) is 21.8. The van der Waals surface area contributed by atoms with Crippen LogP contribution in [0.4, 0.5) is 0 Å². The van der Waals surface area contributed by atoms with E-state index < -0.39 is 0 Å². The minimum atomic E-state index is -0.0486. The standard InChI is InChI=1S/C31H37N3O3/c1-23-13-16-27(22-24(23)2)37-21-9-20-34-29-11-7-6-10-28(29)33-30(34)12-5-4-8-19-32-31(35)25-14-17-26(36-3)18-15-25/h6-7,10-11,13-18,22H,4-5,8-9,12,19-21H2,1-3H3,(H,32,35). The van der Waals surface area contributed by atoms with Crippen LogP contribution in [0.15, 0.2) is 66.7 Å². The summed E-state index contributed by atoms with van der Waals surface area (Å²) in [4.78, 5) is 17.2. The lowest BCUT2D eigenvalue weighted by Crippen LogP contribution is -2.24. The van der Waals surface area contributed by atoms with Crippen LogP contribution >= 0.6 is 0 Å².